The van der Waals surface area contributed by atoms with Crippen LogP contribution in [0.2, 0.25) is 0 Å². The van der Waals surface area contributed by atoms with Gasteiger partial charge in [0.15, 0.2) is 0 Å². The van der Waals surface area contributed by atoms with Crippen molar-refractivity contribution in [3.8, 4) is 5.75 Å². The van der Waals surface area contributed by atoms with Crippen LogP contribution < -0.4 is 48.7 Å². The molecule has 0 aliphatic heterocycles. The lowest BCUT2D eigenvalue weighted by Gasteiger charge is -2.29. The van der Waals surface area contributed by atoms with E-state index in [1.807, 2.05) is 0 Å². The number of carbonyl (C=O) groups excluding carboxylic acids is 9. The highest BCUT2D eigenvalue weighted by Crippen LogP contribution is 2.14. The molecule has 0 saturated heterocycles. The Kier molecular flexibility index (Phi) is 21.3. The van der Waals surface area contributed by atoms with Crippen molar-refractivity contribution < 1.29 is 63.3 Å². The zero-order chi connectivity index (χ0) is 47.4. The molecule has 0 radical (unpaired) electrons. The smallest absolute Gasteiger partial charge is 0.305 e. The fourth-order valence-electron chi connectivity index (χ4n) is 5.89. The minimum absolute atomic E-state index is 0.102. The van der Waals surface area contributed by atoms with Gasteiger partial charge in [-0.2, -0.15) is 0 Å². The molecular formula is C41H57N9O13. The van der Waals surface area contributed by atoms with Crippen molar-refractivity contribution in [3.63, 3.8) is 0 Å². The summed E-state index contributed by atoms with van der Waals surface area (Å²) in [6.07, 6.45) is -3.14. The van der Waals surface area contributed by atoms with Gasteiger partial charge in [-0.1, -0.05) is 56.3 Å². The fourth-order valence-corrected chi connectivity index (χ4v) is 5.89. The first-order chi connectivity index (χ1) is 29.6. The number of carboxylic acids is 1. The molecule has 2 aromatic rings. The number of aliphatic carboxylic acids is 1. The van der Waals surface area contributed by atoms with Gasteiger partial charge in [-0.3, -0.25) is 43.2 Å². The second-order valence-corrected chi connectivity index (χ2v) is 15.1. The Bertz CT molecular complexity index is 1930. The fraction of sp³-hybridized carbons (Fsp3) is 0.463. The van der Waals surface area contributed by atoms with Crippen LogP contribution in [0.4, 0.5) is 0 Å². The summed E-state index contributed by atoms with van der Waals surface area (Å²) in [7, 11) is 0. The number of carboxylic acid groups (broad SMARTS) is 1. The molecule has 2 rings (SSSR count). The van der Waals surface area contributed by atoms with Gasteiger partial charge in [0.1, 0.15) is 48.3 Å². The van der Waals surface area contributed by atoms with Crippen molar-refractivity contribution in [1.82, 2.24) is 37.2 Å². The van der Waals surface area contributed by atoms with Gasteiger partial charge in [0.05, 0.1) is 25.1 Å². The molecule has 22 nitrogen and oxygen atoms in total. The molecule has 0 spiro atoms. The van der Waals surface area contributed by atoms with Gasteiger partial charge < -0.3 is 68.8 Å². The van der Waals surface area contributed by atoms with Gasteiger partial charge in [0.25, 0.3) is 0 Å². The molecule has 2 aromatic carbocycles. The van der Waals surface area contributed by atoms with Gasteiger partial charge in [0.2, 0.25) is 47.3 Å². The largest absolute Gasteiger partial charge is 0.508 e. The van der Waals surface area contributed by atoms with E-state index < -0.39 is 121 Å². The second kappa shape index (κ2) is 25.7. The van der Waals surface area contributed by atoms with Crippen molar-refractivity contribution in [2.75, 3.05) is 6.54 Å². The summed E-state index contributed by atoms with van der Waals surface area (Å²) >= 11 is 0. The molecule has 8 amide bonds. The summed E-state index contributed by atoms with van der Waals surface area (Å²) in [6.45, 7) is 5.16. The van der Waals surface area contributed by atoms with E-state index in [1.54, 1.807) is 44.2 Å². The summed E-state index contributed by atoms with van der Waals surface area (Å²) in [5.41, 5.74) is 11.8. The standard InChI is InChI=1S/C41H57N9O13/c1-21(2)33(40(62)48-30(20-32(55)56)36(58)44-16-17-51)49-39(61)29(19-25-10-12-26(53)13-11-25)46-38(60)28(18-24-8-6-5-7-9-24)47-41(63)34(23(4)52)50-37(59)27(14-15-31(43)54)45-35(57)22(3)42/h5-13,17,21-23,27-30,33-34,52-53H,14-16,18-20,42H2,1-4H3,(H2,43,54)(H,44,58)(H,45,57)(H,46,60)(H,47,63)(H,48,62)(H,49,61)(H,50,59)(H,55,56)/t22-,23+,27-,28-,29-,30-,33-,34-/m0/s1. The van der Waals surface area contributed by atoms with E-state index in [-0.39, 0.29) is 31.4 Å². The molecule has 14 N–H and O–H groups in total. The van der Waals surface area contributed by atoms with Gasteiger partial charge in [-0.15, -0.1) is 0 Å². The number of aliphatic hydroxyl groups is 1. The minimum Gasteiger partial charge on any atom is -0.508 e. The third-order valence-electron chi connectivity index (χ3n) is 9.33. The molecule has 63 heavy (non-hydrogen) atoms. The Morgan fingerprint density at radius 1 is 0.619 bits per heavy atom. The molecule has 0 fully saturated rings. The van der Waals surface area contributed by atoms with E-state index >= 15 is 0 Å². The number of phenols is 1. The monoisotopic (exact) mass is 883 g/mol. The van der Waals surface area contributed by atoms with Crippen LogP contribution in [0.1, 0.15) is 58.1 Å². The van der Waals surface area contributed by atoms with E-state index in [0.29, 0.717) is 17.4 Å². The normalized spacial score (nSPS) is 14.7. The SMILES string of the molecule is CC(C)[C@H](NC(=O)[C@H](Cc1ccc(O)cc1)NC(=O)[C@H](Cc1ccccc1)NC(=O)[C@@H](NC(=O)[C@H](CCC(N)=O)NC(=O)[C@H](C)N)[C@@H](C)O)C(=O)N[C@@H](CC(=O)O)C(=O)NCC=O. The third kappa shape index (κ3) is 18.3. The minimum atomic E-state index is -1.74. The highest BCUT2D eigenvalue weighted by Gasteiger charge is 2.36. The molecule has 0 aromatic heterocycles. The Hall–Kier alpha value is -6.94. The van der Waals surface area contributed by atoms with E-state index in [1.165, 1.54) is 38.1 Å². The van der Waals surface area contributed by atoms with Crippen LogP contribution in [0.5, 0.6) is 5.75 Å². The van der Waals surface area contributed by atoms with Crippen LogP contribution >= 0.6 is 0 Å². The van der Waals surface area contributed by atoms with Crippen LogP contribution in [0.15, 0.2) is 54.6 Å². The number of benzene rings is 2. The molecule has 0 saturated carbocycles. The number of rotatable bonds is 26. The Morgan fingerprint density at radius 2 is 1.10 bits per heavy atom. The van der Waals surface area contributed by atoms with Crippen LogP contribution in [0, 0.1) is 5.92 Å². The Morgan fingerprint density at radius 3 is 1.60 bits per heavy atom. The summed E-state index contributed by atoms with van der Waals surface area (Å²) < 4.78 is 0. The number of phenolic OH excluding ortho intramolecular Hbond substituents is 1. The van der Waals surface area contributed by atoms with Crippen molar-refractivity contribution in [2.45, 2.75) is 108 Å². The van der Waals surface area contributed by atoms with Crippen LogP contribution in [0.3, 0.4) is 0 Å². The molecule has 22 heteroatoms. The van der Waals surface area contributed by atoms with E-state index in [0.717, 1.165) is 0 Å². The van der Waals surface area contributed by atoms with Gasteiger partial charge >= 0.3 is 5.97 Å². The topological polar surface area (TPSA) is 368 Å². The third-order valence-corrected chi connectivity index (χ3v) is 9.33. The number of hydrogen-bond acceptors (Lipinski definition) is 13. The first-order valence-electron chi connectivity index (χ1n) is 19.9. The lowest BCUT2D eigenvalue weighted by molar-refractivity contribution is -0.141. The van der Waals surface area contributed by atoms with Gasteiger partial charge in [-0.05, 0) is 49.4 Å². The number of amides is 8. The van der Waals surface area contributed by atoms with E-state index in [4.69, 9.17) is 11.5 Å². The van der Waals surface area contributed by atoms with Crippen LogP contribution in [-0.4, -0.2) is 130 Å². The average Bonchev–Trinajstić information content (AvgIpc) is 3.21. The van der Waals surface area contributed by atoms with Crippen LogP contribution in [0.25, 0.3) is 0 Å². The number of aldehydes is 1. The maximum absolute atomic E-state index is 14.3. The lowest BCUT2D eigenvalue weighted by atomic mass is 9.99. The Labute approximate surface area is 363 Å². The lowest BCUT2D eigenvalue weighted by Crippen LogP contribution is -2.62. The number of hydrogen-bond donors (Lipinski definition) is 12. The molecule has 0 aliphatic carbocycles. The number of primary amides is 1. The van der Waals surface area contributed by atoms with Crippen molar-refractivity contribution in [2.24, 2.45) is 17.4 Å². The summed E-state index contributed by atoms with van der Waals surface area (Å²) in [6, 6.07) is 3.69. The number of nitrogens with two attached hydrogens (primary N) is 2. The summed E-state index contributed by atoms with van der Waals surface area (Å²) in [5, 5.41) is 46.7. The highest BCUT2D eigenvalue weighted by molar-refractivity contribution is 5.98. The second-order valence-electron chi connectivity index (χ2n) is 15.1. The molecule has 0 aliphatic rings. The van der Waals surface area contributed by atoms with Crippen molar-refractivity contribution in [3.05, 3.63) is 65.7 Å². The van der Waals surface area contributed by atoms with E-state index in [2.05, 4.69) is 37.2 Å². The Balaban J connectivity index is 2.50. The molecule has 344 valence electrons. The number of nitrogens with one attached hydrogen (secondary N) is 7. The zero-order valence-corrected chi connectivity index (χ0v) is 35.3. The quantitative estimate of drug-likeness (QED) is 0.0409. The maximum atomic E-state index is 14.3. The molecule has 0 unspecified atom stereocenters. The highest BCUT2D eigenvalue weighted by atomic mass is 16.4. The predicted molar refractivity (Wildman–Crippen MR) is 223 cm³/mol. The number of aromatic hydroxyl groups is 1. The average molecular weight is 884 g/mol. The van der Waals surface area contributed by atoms with Crippen molar-refractivity contribution >= 4 is 59.5 Å². The number of aliphatic hydroxyl groups excluding tert-OH is 1. The summed E-state index contributed by atoms with van der Waals surface area (Å²) in [5.74, 6) is -9.63. The van der Waals surface area contributed by atoms with Gasteiger partial charge in [-0.25, -0.2) is 0 Å². The molecule has 0 bridgehead atoms. The maximum Gasteiger partial charge on any atom is 0.305 e. The summed E-state index contributed by atoms with van der Waals surface area (Å²) in [4.78, 5) is 128. The van der Waals surface area contributed by atoms with Crippen molar-refractivity contribution in [1.29, 1.82) is 0 Å². The van der Waals surface area contributed by atoms with Crippen LogP contribution in [-0.2, 0) is 60.8 Å². The first-order valence-corrected chi connectivity index (χ1v) is 19.9. The van der Waals surface area contributed by atoms with E-state index in [9.17, 15) is 63.3 Å². The zero-order valence-electron chi connectivity index (χ0n) is 35.3. The molecule has 8 atom stereocenters. The molecular weight excluding hydrogens is 827 g/mol. The number of carbonyl (C=O) groups is 10. The molecule has 0 heterocycles. The first kappa shape index (κ1) is 52.2. The predicted octanol–water partition coefficient (Wildman–Crippen LogP) is -3.47. The van der Waals surface area contributed by atoms with Gasteiger partial charge in [0, 0.05) is 19.3 Å².